The maximum atomic E-state index is 12.0. The molecule has 156 valence electrons. The van der Waals surface area contributed by atoms with Crippen molar-refractivity contribution in [3.63, 3.8) is 0 Å². The average Bonchev–Trinajstić information content (AvgIpc) is 2.92. The minimum absolute atomic E-state index is 0.0130. The summed E-state index contributed by atoms with van der Waals surface area (Å²) in [7, 11) is 0. The molecule has 0 saturated carbocycles. The van der Waals surface area contributed by atoms with Crippen molar-refractivity contribution in [3.05, 3.63) is 33.1 Å². The number of hydrogen-bond donors (Lipinski definition) is 5. The predicted molar refractivity (Wildman–Crippen MR) is 94.1 cm³/mol. The molecule has 0 radical (unpaired) electrons. The molecule has 1 amide bonds. The highest BCUT2D eigenvalue weighted by atomic mass is 16.6. The maximum Gasteiger partial charge on any atom is 0.330 e. The number of carbonyl (C=O) groups excluding carboxylic acids is 2. The van der Waals surface area contributed by atoms with E-state index in [2.05, 4.69) is 5.32 Å². The number of amides is 1. The van der Waals surface area contributed by atoms with Crippen molar-refractivity contribution in [1.82, 2.24) is 14.9 Å². The van der Waals surface area contributed by atoms with Crippen molar-refractivity contribution in [2.24, 2.45) is 5.73 Å². The molecule has 2 heterocycles. The van der Waals surface area contributed by atoms with Gasteiger partial charge in [-0.05, 0) is 13.3 Å². The first-order valence-electron chi connectivity index (χ1n) is 8.76. The zero-order valence-corrected chi connectivity index (χ0v) is 15.2. The third kappa shape index (κ3) is 5.25. The van der Waals surface area contributed by atoms with Crippen molar-refractivity contribution < 1.29 is 29.3 Å². The number of H-pyrrole nitrogens is 1. The van der Waals surface area contributed by atoms with E-state index in [4.69, 9.17) is 15.2 Å². The van der Waals surface area contributed by atoms with Crippen LogP contribution in [-0.2, 0) is 19.1 Å². The minimum Gasteiger partial charge on any atom is -0.466 e. The first-order chi connectivity index (χ1) is 13.2. The van der Waals surface area contributed by atoms with Gasteiger partial charge in [0, 0.05) is 25.2 Å². The molecular formula is C16H24N4O8. The predicted octanol–water partition coefficient (Wildman–Crippen LogP) is -3.06. The summed E-state index contributed by atoms with van der Waals surface area (Å²) in [5.41, 5.74) is 4.28. The fourth-order valence-corrected chi connectivity index (χ4v) is 2.73. The van der Waals surface area contributed by atoms with E-state index in [0.717, 1.165) is 16.8 Å². The quantitative estimate of drug-likeness (QED) is 0.282. The van der Waals surface area contributed by atoms with Crippen LogP contribution in [0.1, 0.15) is 26.0 Å². The normalized spacial score (nSPS) is 25.3. The molecule has 1 aliphatic rings. The van der Waals surface area contributed by atoms with Crippen molar-refractivity contribution in [2.45, 2.75) is 50.3 Å². The van der Waals surface area contributed by atoms with Crippen molar-refractivity contribution >= 4 is 11.9 Å². The lowest BCUT2D eigenvalue weighted by molar-refractivity contribution is -0.143. The number of nitrogens with one attached hydrogen (secondary N) is 2. The number of nitrogens with zero attached hydrogens (tertiary/aromatic N) is 1. The van der Waals surface area contributed by atoms with Gasteiger partial charge in [0.15, 0.2) is 6.23 Å². The molecule has 28 heavy (non-hydrogen) atoms. The minimum atomic E-state index is -1.46. The van der Waals surface area contributed by atoms with Gasteiger partial charge in [0.05, 0.1) is 12.6 Å². The SMILES string of the molecule is CCOC(=O)CCC(N)C(=O)NC[C@H]1O[C@@H](n2ccc(=O)[nH]c2=O)C(O)[C@H]1O. The average molecular weight is 400 g/mol. The van der Waals surface area contributed by atoms with E-state index < -0.39 is 53.7 Å². The molecule has 1 saturated heterocycles. The first-order valence-corrected chi connectivity index (χ1v) is 8.76. The Morgan fingerprint density at radius 1 is 1.39 bits per heavy atom. The van der Waals surface area contributed by atoms with Crippen molar-refractivity contribution in [2.75, 3.05) is 13.2 Å². The van der Waals surface area contributed by atoms with E-state index in [0.29, 0.717) is 0 Å². The first kappa shape index (κ1) is 21.8. The molecule has 1 fully saturated rings. The number of carbonyl (C=O) groups is 2. The molecule has 0 spiro atoms. The summed E-state index contributed by atoms with van der Waals surface area (Å²) in [5, 5.41) is 22.7. The summed E-state index contributed by atoms with van der Waals surface area (Å²) in [6.07, 6.45) is -3.90. The van der Waals surface area contributed by atoms with Gasteiger partial charge in [-0.1, -0.05) is 0 Å². The zero-order valence-electron chi connectivity index (χ0n) is 15.2. The van der Waals surface area contributed by atoms with Gasteiger partial charge in [-0.3, -0.25) is 23.9 Å². The largest absolute Gasteiger partial charge is 0.466 e. The van der Waals surface area contributed by atoms with Gasteiger partial charge < -0.3 is 30.7 Å². The van der Waals surface area contributed by atoms with Crippen molar-refractivity contribution in [3.8, 4) is 0 Å². The second-order valence-electron chi connectivity index (χ2n) is 6.26. The molecule has 0 aliphatic carbocycles. The van der Waals surface area contributed by atoms with E-state index in [1.807, 2.05) is 4.98 Å². The van der Waals surface area contributed by atoms with E-state index in [-0.39, 0.29) is 26.0 Å². The number of rotatable bonds is 8. The van der Waals surface area contributed by atoms with Crippen LogP contribution in [0, 0.1) is 0 Å². The lowest BCUT2D eigenvalue weighted by atomic mass is 10.1. The molecule has 12 nitrogen and oxygen atoms in total. The molecular weight excluding hydrogens is 376 g/mol. The number of ether oxygens (including phenoxy) is 2. The fraction of sp³-hybridized carbons (Fsp3) is 0.625. The molecule has 1 aromatic rings. The Kier molecular flexibility index (Phi) is 7.45. The highest BCUT2D eigenvalue weighted by Gasteiger charge is 2.44. The second-order valence-corrected chi connectivity index (χ2v) is 6.26. The standard InChI is InChI=1S/C16H24N4O8/c1-2-27-11(22)4-3-8(17)14(25)18-7-9-12(23)13(24)15(28-9)20-6-5-10(21)19-16(20)26/h5-6,8-9,12-13,15,23-24H,2-4,7,17H2,1H3,(H,18,25)(H,19,21,26)/t8?,9-,12+,13?,15-/m1/s1. The molecule has 0 aromatic carbocycles. The van der Waals surface area contributed by atoms with E-state index in [9.17, 15) is 29.4 Å². The highest BCUT2D eigenvalue weighted by molar-refractivity contribution is 5.82. The summed E-state index contributed by atoms with van der Waals surface area (Å²) < 4.78 is 11.1. The monoisotopic (exact) mass is 400 g/mol. The molecule has 0 bridgehead atoms. The zero-order chi connectivity index (χ0) is 20.8. The number of esters is 1. The number of aromatic nitrogens is 2. The van der Waals surface area contributed by atoms with Gasteiger partial charge in [-0.15, -0.1) is 0 Å². The summed E-state index contributed by atoms with van der Waals surface area (Å²) in [6.45, 7) is 1.72. The highest BCUT2D eigenvalue weighted by Crippen LogP contribution is 2.27. The van der Waals surface area contributed by atoms with Crippen LogP contribution in [0.5, 0.6) is 0 Å². The van der Waals surface area contributed by atoms with Crippen LogP contribution in [0.4, 0.5) is 0 Å². The van der Waals surface area contributed by atoms with Gasteiger partial charge in [0.2, 0.25) is 5.91 Å². The molecule has 1 aliphatic heterocycles. The molecule has 1 aromatic heterocycles. The van der Waals surface area contributed by atoms with Crippen LogP contribution in [0.2, 0.25) is 0 Å². The van der Waals surface area contributed by atoms with Gasteiger partial charge in [0.1, 0.15) is 18.3 Å². The smallest absolute Gasteiger partial charge is 0.330 e. The van der Waals surface area contributed by atoms with E-state index in [1.165, 1.54) is 0 Å². The summed E-state index contributed by atoms with van der Waals surface area (Å²) in [4.78, 5) is 48.3. The van der Waals surface area contributed by atoms with Crippen LogP contribution in [0.3, 0.4) is 0 Å². The Morgan fingerprint density at radius 2 is 2.11 bits per heavy atom. The van der Waals surface area contributed by atoms with Gasteiger partial charge in [-0.2, -0.15) is 0 Å². The number of hydrogen-bond acceptors (Lipinski definition) is 9. The van der Waals surface area contributed by atoms with Gasteiger partial charge >= 0.3 is 11.7 Å². The molecule has 12 heteroatoms. The second kappa shape index (κ2) is 9.59. The van der Waals surface area contributed by atoms with E-state index >= 15 is 0 Å². The maximum absolute atomic E-state index is 12.0. The van der Waals surface area contributed by atoms with Crippen LogP contribution in [0.15, 0.2) is 21.9 Å². The van der Waals surface area contributed by atoms with Crippen LogP contribution in [-0.4, -0.2) is 69.1 Å². The Balaban J connectivity index is 1.90. The molecule has 6 N–H and O–H groups in total. The van der Waals surface area contributed by atoms with Crippen LogP contribution < -0.4 is 22.3 Å². The lowest BCUT2D eigenvalue weighted by Gasteiger charge is -2.17. The Morgan fingerprint density at radius 3 is 2.75 bits per heavy atom. The Labute approximate surface area is 159 Å². The Hall–Kier alpha value is -2.54. The van der Waals surface area contributed by atoms with E-state index in [1.54, 1.807) is 6.92 Å². The summed E-state index contributed by atoms with van der Waals surface area (Å²) >= 11 is 0. The number of nitrogens with two attached hydrogens (primary N) is 1. The number of aliphatic hydroxyl groups excluding tert-OH is 2. The molecule has 5 atom stereocenters. The lowest BCUT2D eigenvalue weighted by Crippen LogP contribution is -2.46. The Bertz CT molecular complexity index is 806. The topological polar surface area (TPSA) is 186 Å². The van der Waals surface area contributed by atoms with Crippen LogP contribution in [0.25, 0.3) is 0 Å². The van der Waals surface area contributed by atoms with Gasteiger partial charge in [-0.25, -0.2) is 4.79 Å². The third-order valence-electron chi connectivity index (χ3n) is 4.24. The third-order valence-corrected chi connectivity index (χ3v) is 4.24. The fourth-order valence-electron chi connectivity index (χ4n) is 2.73. The molecule has 2 rings (SSSR count). The van der Waals surface area contributed by atoms with Gasteiger partial charge in [0.25, 0.3) is 5.56 Å². The van der Waals surface area contributed by atoms with Crippen molar-refractivity contribution in [1.29, 1.82) is 0 Å². The summed E-state index contributed by atoms with van der Waals surface area (Å²) in [5.74, 6) is -1.03. The number of aliphatic hydroxyl groups is 2. The summed E-state index contributed by atoms with van der Waals surface area (Å²) in [6, 6.07) is 0.104. The van der Waals surface area contributed by atoms with Crippen LogP contribution >= 0.6 is 0 Å². The molecule has 2 unspecified atom stereocenters. The number of aromatic amines is 1.